The van der Waals surface area contributed by atoms with Gasteiger partial charge in [-0.3, -0.25) is 0 Å². The Hall–Kier alpha value is -1.22. The van der Waals surface area contributed by atoms with Crippen LogP contribution >= 0.6 is 0 Å². The number of rotatable bonds is 3. The molecule has 3 heteroatoms. The molecule has 2 rings (SSSR count). The summed E-state index contributed by atoms with van der Waals surface area (Å²) >= 11 is 0. The van der Waals surface area contributed by atoms with E-state index in [9.17, 15) is 0 Å². The van der Waals surface area contributed by atoms with Gasteiger partial charge < -0.3 is 14.2 Å². The zero-order chi connectivity index (χ0) is 10.9. The SMILES string of the molecule is COc1cc(OC)cc(C2(C)COC2)c1. The number of methoxy groups -OCH3 is 2. The second kappa shape index (κ2) is 3.74. The molecule has 82 valence electrons. The van der Waals surface area contributed by atoms with Crippen molar-refractivity contribution in [3.05, 3.63) is 23.8 Å². The number of hydrogen-bond acceptors (Lipinski definition) is 3. The van der Waals surface area contributed by atoms with Crippen LogP contribution in [0.3, 0.4) is 0 Å². The first-order chi connectivity index (χ1) is 7.18. The van der Waals surface area contributed by atoms with Crippen molar-refractivity contribution in [1.82, 2.24) is 0 Å². The Kier molecular flexibility index (Phi) is 2.57. The molecule has 0 radical (unpaired) electrons. The zero-order valence-corrected chi connectivity index (χ0v) is 9.37. The molecule has 15 heavy (non-hydrogen) atoms. The number of hydrogen-bond donors (Lipinski definition) is 0. The Bertz CT molecular complexity index is 334. The highest BCUT2D eigenvalue weighted by molar-refractivity contribution is 5.42. The summed E-state index contributed by atoms with van der Waals surface area (Å²) in [7, 11) is 3.33. The van der Waals surface area contributed by atoms with Crippen LogP contribution < -0.4 is 9.47 Å². The van der Waals surface area contributed by atoms with Crippen LogP contribution in [0.25, 0.3) is 0 Å². The second-order valence-electron chi connectivity index (χ2n) is 4.15. The third-order valence-corrected chi connectivity index (χ3v) is 2.89. The van der Waals surface area contributed by atoms with Gasteiger partial charge in [0.1, 0.15) is 11.5 Å². The first kappa shape index (κ1) is 10.3. The van der Waals surface area contributed by atoms with E-state index in [2.05, 4.69) is 6.92 Å². The molecule has 1 heterocycles. The van der Waals surface area contributed by atoms with Crippen LogP contribution in [-0.4, -0.2) is 27.4 Å². The molecule has 1 saturated heterocycles. The summed E-state index contributed by atoms with van der Waals surface area (Å²) in [5.41, 5.74) is 1.33. The van der Waals surface area contributed by atoms with Gasteiger partial charge in [0.05, 0.1) is 27.4 Å². The number of ether oxygens (including phenoxy) is 3. The highest BCUT2D eigenvalue weighted by Gasteiger charge is 2.35. The van der Waals surface area contributed by atoms with Crippen LogP contribution in [0.1, 0.15) is 12.5 Å². The zero-order valence-electron chi connectivity index (χ0n) is 9.37. The molecule has 0 atom stereocenters. The highest BCUT2D eigenvalue weighted by atomic mass is 16.5. The van der Waals surface area contributed by atoms with E-state index in [0.717, 1.165) is 24.7 Å². The van der Waals surface area contributed by atoms with Crippen molar-refractivity contribution < 1.29 is 14.2 Å². The van der Waals surface area contributed by atoms with Gasteiger partial charge in [-0.25, -0.2) is 0 Å². The fraction of sp³-hybridized carbons (Fsp3) is 0.500. The van der Waals surface area contributed by atoms with Gasteiger partial charge in [-0.2, -0.15) is 0 Å². The molecule has 0 saturated carbocycles. The van der Waals surface area contributed by atoms with Crippen molar-refractivity contribution in [1.29, 1.82) is 0 Å². The normalized spacial score (nSPS) is 18.1. The molecule has 3 nitrogen and oxygen atoms in total. The minimum atomic E-state index is 0.113. The van der Waals surface area contributed by atoms with Crippen LogP contribution in [0.5, 0.6) is 11.5 Å². The minimum Gasteiger partial charge on any atom is -0.497 e. The molecular weight excluding hydrogens is 192 g/mol. The smallest absolute Gasteiger partial charge is 0.122 e. The van der Waals surface area contributed by atoms with E-state index in [1.165, 1.54) is 5.56 Å². The van der Waals surface area contributed by atoms with Crippen molar-refractivity contribution in [2.45, 2.75) is 12.3 Å². The average Bonchev–Trinajstić information content (AvgIpc) is 2.25. The van der Waals surface area contributed by atoms with E-state index >= 15 is 0 Å². The van der Waals surface area contributed by atoms with E-state index in [-0.39, 0.29) is 5.41 Å². The molecule has 0 N–H and O–H groups in total. The molecular formula is C12H16O3. The first-order valence-corrected chi connectivity index (χ1v) is 4.99. The Morgan fingerprint density at radius 2 is 1.60 bits per heavy atom. The van der Waals surface area contributed by atoms with E-state index in [4.69, 9.17) is 14.2 Å². The standard InChI is InChI=1S/C12H16O3/c1-12(7-15-8-12)9-4-10(13-2)6-11(5-9)14-3/h4-6H,7-8H2,1-3H3. The average molecular weight is 208 g/mol. The molecule has 1 aliphatic rings. The summed E-state index contributed by atoms with van der Waals surface area (Å²) in [5.74, 6) is 1.66. The van der Waals surface area contributed by atoms with Crippen LogP contribution in [0.2, 0.25) is 0 Å². The number of benzene rings is 1. The lowest BCUT2D eigenvalue weighted by molar-refractivity contribution is -0.0501. The van der Waals surface area contributed by atoms with Gasteiger partial charge in [0.25, 0.3) is 0 Å². The Morgan fingerprint density at radius 3 is 1.93 bits per heavy atom. The lowest BCUT2D eigenvalue weighted by Crippen LogP contribution is -2.43. The van der Waals surface area contributed by atoms with E-state index in [1.54, 1.807) is 14.2 Å². The maximum atomic E-state index is 5.26. The molecule has 1 aliphatic heterocycles. The van der Waals surface area contributed by atoms with Crippen molar-refractivity contribution >= 4 is 0 Å². The fourth-order valence-corrected chi connectivity index (χ4v) is 1.73. The van der Waals surface area contributed by atoms with Crippen LogP contribution in [0.4, 0.5) is 0 Å². The summed E-state index contributed by atoms with van der Waals surface area (Å²) in [6.07, 6.45) is 0. The van der Waals surface area contributed by atoms with E-state index in [1.807, 2.05) is 18.2 Å². The monoisotopic (exact) mass is 208 g/mol. The largest absolute Gasteiger partial charge is 0.497 e. The van der Waals surface area contributed by atoms with Crippen molar-refractivity contribution in [3.63, 3.8) is 0 Å². The quantitative estimate of drug-likeness (QED) is 0.760. The molecule has 0 aromatic heterocycles. The molecule has 1 aromatic carbocycles. The maximum absolute atomic E-state index is 5.26. The van der Waals surface area contributed by atoms with E-state index in [0.29, 0.717) is 0 Å². The summed E-state index contributed by atoms with van der Waals surface area (Å²) in [6, 6.07) is 5.97. The van der Waals surface area contributed by atoms with Crippen LogP contribution in [0, 0.1) is 0 Å². The van der Waals surface area contributed by atoms with Gasteiger partial charge in [-0.15, -0.1) is 0 Å². The van der Waals surface area contributed by atoms with Gasteiger partial charge >= 0.3 is 0 Å². The summed E-state index contributed by atoms with van der Waals surface area (Å²) in [5, 5.41) is 0. The molecule has 0 spiro atoms. The van der Waals surface area contributed by atoms with Crippen LogP contribution in [0.15, 0.2) is 18.2 Å². The van der Waals surface area contributed by atoms with Gasteiger partial charge in [-0.05, 0) is 17.7 Å². The van der Waals surface area contributed by atoms with Gasteiger partial charge in [0, 0.05) is 11.5 Å². The maximum Gasteiger partial charge on any atom is 0.122 e. The summed E-state index contributed by atoms with van der Waals surface area (Å²) < 4.78 is 15.7. The third-order valence-electron chi connectivity index (χ3n) is 2.89. The minimum absolute atomic E-state index is 0.113. The predicted molar refractivity (Wildman–Crippen MR) is 57.7 cm³/mol. The Morgan fingerprint density at radius 1 is 1.07 bits per heavy atom. The first-order valence-electron chi connectivity index (χ1n) is 4.99. The van der Waals surface area contributed by atoms with Gasteiger partial charge in [0.2, 0.25) is 0 Å². The summed E-state index contributed by atoms with van der Waals surface area (Å²) in [6.45, 7) is 3.72. The Labute approximate surface area is 90.0 Å². The predicted octanol–water partition coefficient (Wildman–Crippen LogP) is 1.99. The molecule has 1 aromatic rings. The van der Waals surface area contributed by atoms with Crippen molar-refractivity contribution in [2.24, 2.45) is 0 Å². The summed E-state index contributed by atoms with van der Waals surface area (Å²) in [4.78, 5) is 0. The highest BCUT2D eigenvalue weighted by Crippen LogP contribution is 2.36. The lowest BCUT2D eigenvalue weighted by atomic mass is 9.80. The molecule has 1 fully saturated rings. The molecule has 0 amide bonds. The molecule has 0 bridgehead atoms. The second-order valence-corrected chi connectivity index (χ2v) is 4.15. The van der Waals surface area contributed by atoms with Crippen LogP contribution in [-0.2, 0) is 10.2 Å². The van der Waals surface area contributed by atoms with E-state index < -0.39 is 0 Å². The van der Waals surface area contributed by atoms with Gasteiger partial charge in [0.15, 0.2) is 0 Å². The van der Waals surface area contributed by atoms with Crippen molar-refractivity contribution in [2.75, 3.05) is 27.4 Å². The third kappa shape index (κ3) is 1.79. The Balaban J connectivity index is 2.37. The fourth-order valence-electron chi connectivity index (χ4n) is 1.73. The van der Waals surface area contributed by atoms with Crippen molar-refractivity contribution in [3.8, 4) is 11.5 Å². The molecule has 0 unspecified atom stereocenters. The van der Waals surface area contributed by atoms with Gasteiger partial charge in [-0.1, -0.05) is 6.92 Å². The lowest BCUT2D eigenvalue weighted by Gasteiger charge is -2.38. The topological polar surface area (TPSA) is 27.7 Å². The molecule has 0 aliphatic carbocycles.